The SMILES string of the molecule is CCCSc1cc(C)c(N)c(C(=O)O)c1. The summed E-state index contributed by atoms with van der Waals surface area (Å²) in [5.41, 5.74) is 7.08. The Morgan fingerprint density at radius 1 is 1.53 bits per heavy atom. The van der Waals surface area contributed by atoms with E-state index in [1.165, 1.54) is 0 Å². The number of nitrogen functional groups attached to an aromatic ring is 1. The topological polar surface area (TPSA) is 63.3 Å². The highest BCUT2D eigenvalue weighted by Crippen LogP contribution is 2.26. The minimum Gasteiger partial charge on any atom is -0.478 e. The number of nitrogens with two attached hydrogens (primary N) is 1. The van der Waals surface area contributed by atoms with Gasteiger partial charge in [0, 0.05) is 10.6 Å². The Hall–Kier alpha value is -1.16. The molecule has 0 aliphatic carbocycles. The molecule has 0 bridgehead atoms. The molecule has 0 heterocycles. The predicted molar refractivity (Wildman–Crippen MR) is 63.6 cm³/mol. The number of benzene rings is 1. The van der Waals surface area contributed by atoms with Gasteiger partial charge in [-0.2, -0.15) is 0 Å². The summed E-state index contributed by atoms with van der Waals surface area (Å²) in [5, 5.41) is 8.95. The Bertz CT molecular complexity index is 377. The van der Waals surface area contributed by atoms with Crippen LogP contribution >= 0.6 is 11.8 Å². The minimum absolute atomic E-state index is 0.202. The number of aryl methyl sites for hydroxylation is 1. The molecular weight excluding hydrogens is 210 g/mol. The number of rotatable bonds is 4. The van der Waals surface area contributed by atoms with Crippen LogP contribution in [0.2, 0.25) is 0 Å². The van der Waals surface area contributed by atoms with E-state index in [0.717, 1.165) is 22.6 Å². The van der Waals surface area contributed by atoms with Gasteiger partial charge in [0.2, 0.25) is 0 Å². The zero-order valence-electron chi connectivity index (χ0n) is 8.91. The van der Waals surface area contributed by atoms with Gasteiger partial charge in [0.25, 0.3) is 0 Å². The number of aromatic carboxylic acids is 1. The van der Waals surface area contributed by atoms with Crippen LogP contribution in [-0.4, -0.2) is 16.8 Å². The molecule has 0 saturated heterocycles. The molecular formula is C11H15NO2S. The molecule has 0 amide bonds. The molecule has 0 aromatic heterocycles. The lowest BCUT2D eigenvalue weighted by Crippen LogP contribution is -2.04. The molecule has 0 saturated carbocycles. The number of carboxylic acid groups (broad SMARTS) is 1. The van der Waals surface area contributed by atoms with E-state index in [-0.39, 0.29) is 5.56 Å². The van der Waals surface area contributed by atoms with Crippen molar-refractivity contribution in [3.05, 3.63) is 23.3 Å². The highest BCUT2D eigenvalue weighted by atomic mass is 32.2. The van der Waals surface area contributed by atoms with Crippen molar-refractivity contribution in [2.24, 2.45) is 0 Å². The van der Waals surface area contributed by atoms with E-state index in [1.54, 1.807) is 17.8 Å². The molecule has 1 aromatic rings. The summed E-state index contributed by atoms with van der Waals surface area (Å²) in [6.07, 6.45) is 1.07. The standard InChI is InChI=1S/C11H15NO2S/c1-3-4-15-8-5-7(2)10(12)9(6-8)11(13)14/h5-6H,3-4,12H2,1-2H3,(H,13,14). The number of carboxylic acids is 1. The van der Waals surface area contributed by atoms with Crippen molar-refractivity contribution in [3.63, 3.8) is 0 Å². The third-order valence-electron chi connectivity index (χ3n) is 2.06. The molecule has 3 N–H and O–H groups in total. The number of carbonyl (C=O) groups is 1. The molecule has 0 spiro atoms. The van der Waals surface area contributed by atoms with Gasteiger partial charge in [0.15, 0.2) is 0 Å². The number of anilines is 1. The van der Waals surface area contributed by atoms with Crippen molar-refractivity contribution in [3.8, 4) is 0 Å². The molecule has 1 aromatic carbocycles. The predicted octanol–water partition coefficient (Wildman–Crippen LogP) is 2.78. The quantitative estimate of drug-likeness (QED) is 0.611. The second kappa shape index (κ2) is 5.07. The van der Waals surface area contributed by atoms with E-state index in [1.807, 2.05) is 13.0 Å². The van der Waals surface area contributed by atoms with Crippen LogP contribution in [0.15, 0.2) is 17.0 Å². The molecule has 1 rings (SSSR count). The monoisotopic (exact) mass is 225 g/mol. The Balaban J connectivity index is 3.06. The van der Waals surface area contributed by atoms with Gasteiger partial charge in [-0.15, -0.1) is 11.8 Å². The first kappa shape index (κ1) is 11.9. The molecule has 15 heavy (non-hydrogen) atoms. The molecule has 0 unspecified atom stereocenters. The Morgan fingerprint density at radius 3 is 2.73 bits per heavy atom. The Morgan fingerprint density at radius 2 is 2.20 bits per heavy atom. The normalized spacial score (nSPS) is 10.3. The first-order chi connectivity index (χ1) is 7.06. The first-order valence-electron chi connectivity index (χ1n) is 4.82. The highest BCUT2D eigenvalue weighted by Gasteiger charge is 2.11. The van der Waals surface area contributed by atoms with Crippen molar-refractivity contribution >= 4 is 23.4 Å². The van der Waals surface area contributed by atoms with E-state index >= 15 is 0 Å². The van der Waals surface area contributed by atoms with Gasteiger partial charge >= 0.3 is 5.97 Å². The van der Waals surface area contributed by atoms with E-state index in [9.17, 15) is 4.79 Å². The van der Waals surface area contributed by atoms with E-state index in [0.29, 0.717) is 5.69 Å². The van der Waals surface area contributed by atoms with Gasteiger partial charge in [-0.3, -0.25) is 0 Å². The average molecular weight is 225 g/mol. The largest absolute Gasteiger partial charge is 0.478 e. The van der Waals surface area contributed by atoms with Crippen LogP contribution in [0.4, 0.5) is 5.69 Å². The lowest BCUT2D eigenvalue weighted by Gasteiger charge is -2.08. The molecule has 0 aliphatic heterocycles. The van der Waals surface area contributed by atoms with Crippen LogP contribution < -0.4 is 5.73 Å². The van der Waals surface area contributed by atoms with E-state index in [4.69, 9.17) is 10.8 Å². The fourth-order valence-corrected chi connectivity index (χ4v) is 2.15. The van der Waals surface area contributed by atoms with Crippen molar-refractivity contribution in [1.29, 1.82) is 0 Å². The van der Waals surface area contributed by atoms with Gasteiger partial charge in [0.1, 0.15) is 0 Å². The first-order valence-corrected chi connectivity index (χ1v) is 5.81. The van der Waals surface area contributed by atoms with Crippen LogP contribution in [0.1, 0.15) is 29.3 Å². The zero-order valence-corrected chi connectivity index (χ0v) is 9.73. The molecule has 0 fully saturated rings. The van der Waals surface area contributed by atoms with Crippen LogP contribution in [-0.2, 0) is 0 Å². The van der Waals surface area contributed by atoms with E-state index in [2.05, 4.69) is 6.92 Å². The maximum atomic E-state index is 10.9. The van der Waals surface area contributed by atoms with Crippen molar-refractivity contribution in [1.82, 2.24) is 0 Å². The third kappa shape index (κ3) is 2.89. The summed E-state index contributed by atoms with van der Waals surface area (Å²) in [4.78, 5) is 11.9. The molecule has 0 aliphatic rings. The van der Waals surface area contributed by atoms with Gasteiger partial charge in [-0.1, -0.05) is 6.92 Å². The fraction of sp³-hybridized carbons (Fsp3) is 0.364. The maximum absolute atomic E-state index is 10.9. The lowest BCUT2D eigenvalue weighted by molar-refractivity contribution is 0.0697. The second-order valence-corrected chi connectivity index (χ2v) is 4.52. The molecule has 0 radical (unpaired) electrons. The van der Waals surface area contributed by atoms with Gasteiger partial charge in [-0.25, -0.2) is 4.79 Å². The number of hydrogen-bond acceptors (Lipinski definition) is 3. The van der Waals surface area contributed by atoms with E-state index < -0.39 is 5.97 Å². The van der Waals surface area contributed by atoms with Crippen molar-refractivity contribution in [2.45, 2.75) is 25.2 Å². The van der Waals surface area contributed by atoms with Gasteiger partial charge < -0.3 is 10.8 Å². The lowest BCUT2D eigenvalue weighted by atomic mass is 10.1. The Labute approximate surface area is 93.7 Å². The zero-order chi connectivity index (χ0) is 11.4. The second-order valence-electron chi connectivity index (χ2n) is 3.36. The summed E-state index contributed by atoms with van der Waals surface area (Å²) in [6, 6.07) is 3.58. The highest BCUT2D eigenvalue weighted by molar-refractivity contribution is 7.99. The minimum atomic E-state index is -0.963. The molecule has 82 valence electrons. The number of thioether (sulfide) groups is 1. The summed E-state index contributed by atoms with van der Waals surface area (Å²) >= 11 is 1.66. The third-order valence-corrected chi connectivity index (χ3v) is 3.25. The van der Waals surface area contributed by atoms with Crippen LogP contribution in [0, 0.1) is 6.92 Å². The molecule has 4 heteroatoms. The summed E-state index contributed by atoms with van der Waals surface area (Å²) in [5.74, 6) is 0.0251. The van der Waals surface area contributed by atoms with Crippen molar-refractivity contribution in [2.75, 3.05) is 11.5 Å². The average Bonchev–Trinajstić information content (AvgIpc) is 2.19. The molecule has 0 atom stereocenters. The molecule has 3 nitrogen and oxygen atoms in total. The number of hydrogen-bond donors (Lipinski definition) is 2. The summed E-state index contributed by atoms with van der Waals surface area (Å²) in [6.45, 7) is 3.92. The van der Waals surface area contributed by atoms with Crippen molar-refractivity contribution < 1.29 is 9.90 Å². The smallest absolute Gasteiger partial charge is 0.337 e. The van der Waals surface area contributed by atoms with Crippen LogP contribution in [0.3, 0.4) is 0 Å². The van der Waals surface area contributed by atoms with Crippen LogP contribution in [0.25, 0.3) is 0 Å². The summed E-state index contributed by atoms with van der Waals surface area (Å²) < 4.78 is 0. The van der Waals surface area contributed by atoms with Gasteiger partial charge in [-0.05, 0) is 36.8 Å². The fourth-order valence-electron chi connectivity index (χ4n) is 1.25. The Kier molecular flexibility index (Phi) is 4.03. The van der Waals surface area contributed by atoms with Gasteiger partial charge in [0.05, 0.1) is 5.56 Å². The maximum Gasteiger partial charge on any atom is 0.337 e. The van der Waals surface area contributed by atoms with Crippen LogP contribution in [0.5, 0.6) is 0 Å². The summed E-state index contributed by atoms with van der Waals surface area (Å²) in [7, 11) is 0.